The van der Waals surface area contributed by atoms with Gasteiger partial charge in [-0.1, -0.05) is 18.2 Å². The maximum atomic E-state index is 13.2. The van der Waals surface area contributed by atoms with Crippen LogP contribution in [0, 0.1) is 0 Å². The number of carbonyl (C=O) groups is 1. The molecule has 2 aromatic rings. The molecular formula is C13H12F3NO2S. The van der Waals surface area contributed by atoms with Gasteiger partial charge < -0.3 is 10.1 Å². The molecule has 0 saturated carbocycles. The molecule has 2 N–H and O–H groups in total. The van der Waals surface area contributed by atoms with E-state index in [1.807, 2.05) is 0 Å². The van der Waals surface area contributed by atoms with Gasteiger partial charge in [-0.05, 0) is 11.6 Å². The van der Waals surface area contributed by atoms with Crippen LogP contribution in [0.3, 0.4) is 0 Å². The van der Waals surface area contributed by atoms with Crippen LogP contribution in [0.5, 0.6) is 0 Å². The van der Waals surface area contributed by atoms with E-state index < -0.39 is 17.4 Å². The number of fused-ring (bicyclic) bond motifs is 1. The lowest BCUT2D eigenvalue weighted by Gasteiger charge is -2.19. The fourth-order valence-corrected chi connectivity index (χ4v) is 3.03. The topological polar surface area (TPSA) is 53.1 Å². The number of alkyl halides is 3. The van der Waals surface area contributed by atoms with Crippen molar-refractivity contribution in [2.24, 2.45) is 0 Å². The maximum absolute atomic E-state index is 13.2. The van der Waals surface area contributed by atoms with Gasteiger partial charge in [0, 0.05) is 22.9 Å². The Labute approximate surface area is 117 Å². The summed E-state index contributed by atoms with van der Waals surface area (Å²) < 4.78 is 39.5. The zero-order valence-electron chi connectivity index (χ0n) is 10.3. The summed E-state index contributed by atoms with van der Waals surface area (Å²) in [6.45, 7) is 0. The molecule has 20 heavy (non-hydrogen) atoms. The van der Waals surface area contributed by atoms with E-state index >= 15 is 0 Å². The standard InChI is InChI=1S/C13H12F3NO2S/c14-13(15,16)12(20-6-5-11(18)19)9-7-17-10-4-2-1-3-8(9)10/h1-4,7,12,17H,5-6H2,(H,18,19). The predicted molar refractivity (Wildman–Crippen MR) is 71.8 cm³/mol. The number of rotatable bonds is 5. The summed E-state index contributed by atoms with van der Waals surface area (Å²) in [4.78, 5) is 13.2. The van der Waals surface area contributed by atoms with Gasteiger partial charge in [0.2, 0.25) is 0 Å². The number of nitrogens with one attached hydrogen (secondary N) is 1. The van der Waals surface area contributed by atoms with Crippen LogP contribution in [0.15, 0.2) is 30.5 Å². The Bertz CT molecular complexity index is 609. The molecule has 7 heteroatoms. The van der Waals surface area contributed by atoms with Gasteiger partial charge >= 0.3 is 12.1 Å². The highest BCUT2D eigenvalue weighted by Crippen LogP contribution is 2.45. The molecule has 1 unspecified atom stereocenters. The quantitative estimate of drug-likeness (QED) is 0.878. The summed E-state index contributed by atoms with van der Waals surface area (Å²) in [5.74, 6) is -1.18. The molecule has 1 atom stereocenters. The zero-order chi connectivity index (χ0) is 14.8. The molecule has 0 aliphatic heterocycles. The van der Waals surface area contributed by atoms with Crippen LogP contribution in [0.2, 0.25) is 0 Å². The number of carboxylic acids is 1. The molecule has 0 spiro atoms. The molecule has 108 valence electrons. The molecule has 0 radical (unpaired) electrons. The van der Waals surface area contributed by atoms with Crippen LogP contribution in [0.4, 0.5) is 13.2 Å². The Morgan fingerprint density at radius 1 is 1.35 bits per heavy atom. The SMILES string of the molecule is O=C(O)CCSC(c1c[nH]c2ccccc12)C(F)(F)F. The normalized spacial score (nSPS) is 13.6. The number of hydrogen-bond donors (Lipinski definition) is 2. The van der Waals surface area contributed by atoms with E-state index in [-0.39, 0.29) is 17.7 Å². The maximum Gasteiger partial charge on any atom is 0.404 e. The fraction of sp³-hybridized carbons (Fsp3) is 0.308. The van der Waals surface area contributed by atoms with Gasteiger partial charge in [-0.25, -0.2) is 0 Å². The van der Waals surface area contributed by atoms with E-state index in [2.05, 4.69) is 4.98 Å². The molecular weight excluding hydrogens is 291 g/mol. The van der Waals surface area contributed by atoms with E-state index in [4.69, 9.17) is 5.11 Å². The Kier molecular flexibility index (Phi) is 4.27. The Morgan fingerprint density at radius 3 is 2.70 bits per heavy atom. The van der Waals surface area contributed by atoms with Crippen LogP contribution < -0.4 is 0 Å². The molecule has 1 aromatic carbocycles. The molecule has 3 nitrogen and oxygen atoms in total. The minimum Gasteiger partial charge on any atom is -0.481 e. The molecule has 0 aliphatic carbocycles. The molecule has 0 saturated heterocycles. The van der Waals surface area contributed by atoms with Crippen molar-refractivity contribution < 1.29 is 23.1 Å². The van der Waals surface area contributed by atoms with Crippen LogP contribution >= 0.6 is 11.8 Å². The summed E-state index contributed by atoms with van der Waals surface area (Å²) in [7, 11) is 0. The van der Waals surface area contributed by atoms with E-state index in [0.717, 1.165) is 0 Å². The van der Waals surface area contributed by atoms with Crippen LogP contribution in [0.25, 0.3) is 10.9 Å². The zero-order valence-corrected chi connectivity index (χ0v) is 11.1. The number of thioether (sulfide) groups is 1. The second-order valence-corrected chi connectivity index (χ2v) is 5.44. The lowest BCUT2D eigenvalue weighted by molar-refractivity contribution is -0.137. The van der Waals surface area contributed by atoms with Crippen molar-refractivity contribution in [1.82, 2.24) is 4.98 Å². The third-order valence-corrected chi connectivity index (χ3v) is 4.10. The second-order valence-electron chi connectivity index (χ2n) is 4.23. The van der Waals surface area contributed by atoms with Crippen molar-refractivity contribution in [3.8, 4) is 0 Å². The molecule has 0 bridgehead atoms. The van der Waals surface area contributed by atoms with Crippen LogP contribution in [0.1, 0.15) is 17.2 Å². The number of aliphatic carboxylic acids is 1. The minimum absolute atomic E-state index is 0.0843. The van der Waals surface area contributed by atoms with Gasteiger partial charge in [-0.2, -0.15) is 13.2 Å². The smallest absolute Gasteiger partial charge is 0.404 e. The molecule has 1 aromatic heterocycles. The van der Waals surface area contributed by atoms with E-state index in [1.54, 1.807) is 24.3 Å². The van der Waals surface area contributed by atoms with Crippen molar-refractivity contribution in [3.63, 3.8) is 0 Å². The number of benzene rings is 1. The van der Waals surface area contributed by atoms with Crippen molar-refractivity contribution in [2.75, 3.05) is 5.75 Å². The summed E-state index contributed by atoms with van der Waals surface area (Å²) in [6.07, 6.45) is -3.37. The van der Waals surface area contributed by atoms with Gasteiger partial charge in [-0.15, -0.1) is 11.8 Å². The number of para-hydroxylation sites is 1. The Hall–Kier alpha value is -1.63. The highest BCUT2D eigenvalue weighted by atomic mass is 32.2. The van der Waals surface area contributed by atoms with Crippen molar-refractivity contribution in [2.45, 2.75) is 17.8 Å². The molecule has 2 rings (SSSR count). The number of H-pyrrole nitrogens is 1. The number of aromatic amines is 1. The average molecular weight is 303 g/mol. The third kappa shape index (κ3) is 3.27. The van der Waals surface area contributed by atoms with Crippen molar-refractivity contribution in [3.05, 3.63) is 36.0 Å². The van der Waals surface area contributed by atoms with Crippen molar-refractivity contribution in [1.29, 1.82) is 0 Å². The molecule has 1 heterocycles. The lowest BCUT2D eigenvalue weighted by atomic mass is 10.1. The Morgan fingerprint density at radius 2 is 2.05 bits per heavy atom. The first-order valence-electron chi connectivity index (χ1n) is 5.85. The second kappa shape index (κ2) is 5.78. The van der Waals surface area contributed by atoms with Crippen LogP contribution in [-0.4, -0.2) is 28.0 Å². The third-order valence-electron chi connectivity index (χ3n) is 2.80. The highest BCUT2D eigenvalue weighted by Gasteiger charge is 2.42. The summed E-state index contributed by atoms with van der Waals surface area (Å²) in [5, 5.41) is 7.32. The molecule has 0 aliphatic rings. The van der Waals surface area contributed by atoms with Crippen LogP contribution in [-0.2, 0) is 4.79 Å². The number of aromatic nitrogens is 1. The highest BCUT2D eigenvalue weighted by molar-refractivity contribution is 7.99. The van der Waals surface area contributed by atoms with Gasteiger partial charge in [0.15, 0.2) is 0 Å². The lowest BCUT2D eigenvalue weighted by Crippen LogP contribution is -2.18. The first kappa shape index (κ1) is 14.8. The number of hydrogen-bond acceptors (Lipinski definition) is 2. The van der Waals surface area contributed by atoms with Crippen molar-refractivity contribution >= 4 is 28.6 Å². The van der Waals surface area contributed by atoms with Gasteiger partial charge in [0.05, 0.1) is 6.42 Å². The minimum atomic E-state index is -4.42. The largest absolute Gasteiger partial charge is 0.481 e. The van der Waals surface area contributed by atoms with E-state index in [0.29, 0.717) is 22.7 Å². The first-order valence-corrected chi connectivity index (χ1v) is 6.90. The van der Waals surface area contributed by atoms with Gasteiger partial charge in [0.1, 0.15) is 5.25 Å². The summed E-state index contributed by atoms with van der Waals surface area (Å²) >= 11 is 0.604. The van der Waals surface area contributed by atoms with E-state index in [9.17, 15) is 18.0 Å². The summed E-state index contributed by atoms with van der Waals surface area (Å²) in [5.41, 5.74) is 0.777. The number of halogens is 3. The molecule has 0 amide bonds. The monoisotopic (exact) mass is 303 g/mol. The van der Waals surface area contributed by atoms with Gasteiger partial charge in [-0.3, -0.25) is 4.79 Å². The molecule has 0 fully saturated rings. The average Bonchev–Trinajstić information content (AvgIpc) is 2.76. The number of carboxylic acid groups (broad SMARTS) is 1. The first-order chi connectivity index (χ1) is 9.39. The van der Waals surface area contributed by atoms with E-state index in [1.165, 1.54) is 6.20 Å². The Balaban J connectivity index is 2.29. The fourth-order valence-electron chi connectivity index (χ4n) is 1.94. The summed E-state index contributed by atoms with van der Waals surface area (Å²) in [6, 6.07) is 6.74. The van der Waals surface area contributed by atoms with Gasteiger partial charge in [0.25, 0.3) is 0 Å². The predicted octanol–water partition coefficient (Wildman–Crippen LogP) is 3.98.